The van der Waals surface area contributed by atoms with Gasteiger partial charge < -0.3 is 10.2 Å². The maximum absolute atomic E-state index is 12.3. The molecular weight excluding hydrogens is 276 g/mol. The van der Waals surface area contributed by atoms with E-state index in [9.17, 15) is 4.79 Å². The van der Waals surface area contributed by atoms with Crippen molar-refractivity contribution in [3.63, 3.8) is 0 Å². The highest BCUT2D eigenvalue weighted by atomic mass is 16.2. The Kier molecular flexibility index (Phi) is 5.75. The Balaban J connectivity index is 1.85. The molecule has 1 aromatic heterocycles. The predicted molar refractivity (Wildman–Crippen MR) is 87.3 cm³/mol. The molecule has 0 unspecified atom stereocenters. The summed E-state index contributed by atoms with van der Waals surface area (Å²) in [5.41, 5.74) is 1.11. The largest absolute Gasteiger partial charge is 0.337 e. The van der Waals surface area contributed by atoms with Crippen LogP contribution in [0, 0.1) is 11.3 Å². The molecule has 5 heteroatoms. The van der Waals surface area contributed by atoms with Gasteiger partial charge in [-0.15, -0.1) is 0 Å². The highest BCUT2D eigenvalue weighted by Gasteiger charge is 2.34. The summed E-state index contributed by atoms with van der Waals surface area (Å²) in [7, 11) is 1.80. The van der Waals surface area contributed by atoms with Crippen LogP contribution in [0.25, 0.3) is 0 Å². The molecule has 1 N–H and O–H groups in total. The van der Waals surface area contributed by atoms with E-state index in [1.54, 1.807) is 30.5 Å². The van der Waals surface area contributed by atoms with Gasteiger partial charge in [-0.3, -0.25) is 9.97 Å². The number of urea groups is 1. The van der Waals surface area contributed by atoms with E-state index in [0.29, 0.717) is 17.9 Å². The number of rotatable bonds is 6. The monoisotopic (exact) mass is 304 g/mol. The number of hydrogen-bond donors (Lipinski definition) is 1. The van der Waals surface area contributed by atoms with Gasteiger partial charge in [-0.05, 0) is 30.6 Å². The first-order valence-corrected chi connectivity index (χ1v) is 8.25. The van der Waals surface area contributed by atoms with Crippen molar-refractivity contribution in [3.05, 3.63) is 24.3 Å². The Morgan fingerprint density at radius 2 is 2.09 bits per heavy atom. The quantitative estimate of drug-likeness (QED) is 0.878. The predicted octanol–water partition coefficient (Wildman–Crippen LogP) is 3.22. The lowest BCUT2D eigenvalue weighted by atomic mass is 9.78. The number of nitrogens with one attached hydrogen (secondary N) is 1. The first-order valence-electron chi connectivity index (χ1n) is 8.25. The van der Waals surface area contributed by atoms with E-state index in [1.165, 1.54) is 32.1 Å². The molecule has 0 saturated heterocycles. The zero-order valence-electron chi connectivity index (χ0n) is 14.0. The summed E-state index contributed by atoms with van der Waals surface area (Å²) in [4.78, 5) is 22.2. The molecule has 1 fully saturated rings. The second kappa shape index (κ2) is 7.56. The molecule has 0 spiro atoms. The molecule has 0 aromatic carbocycles. The van der Waals surface area contributed by atoms with E-state index in [2.05, 4.69) is 29.1 Å². The minimum absolute atomic E-state index is 0.0271. The van der Waals surface area contributed by atoms with Gasteiger partial charge in [0.2, 0.25) is 0 Å². The average Bonchev–Trinajstić information content (AvgIpc) is 2.94. The zero-order chi connectivity index (χ0) is 16.0. The fraction of sp³-hybridized carbons (Fsp3) is 0.706. The third kappa shape index (κ3) is 4.68. The van der Waals surface area contributed by atoms with Crippen LogP contribution in [0.4, 0.5) is 4.79 Å². The van der Waals surface area contributed by atoms with Crippen LogP contribution in [-0.2, 0) is 6.54 Å². The van der Waals surface area contributed by atoms with Gasteiger partial charge in [0.25, 0.3) is 0 Å². The van der Waals surface area contributed by atoms with Gasteiger partial charge >= 0.3 is 6.03 Å². The summed E-state index contributed by atoms with van der Waals surface area (Å²) < 4.78 is 0. The van der Waals surface area contributed by atoms with Gasteiger partial charge in [-0.2, -0.15) is 0 Å². The van der Waals surface area contributed by atoms with Crippen molar-refractivity contribution >= 4 is 6.03 Å². The van der Waals surface area contributed by atoms with E-state index in [-0.39, 0.29) is 6.03 Å². The van der Waals surface area contributed by atoms with E-state index < -0.39 is 0 Å². The Morgan fingerprint density at radius 3 is 2.68 bits per heavy atom. The van der Waals surface area contributed by atoms with E-state index in [1.807, 2.05) is 0 Å². The molecule has 5 nitrogen and oxygen atoms in total. The second-order valence-corrected chi connectivity index (χ2v) is 7.02. The molecule has 1 saturated carbocycles. The lowest BCUT2D eigenvalue weighted by molar-refractivity contribution is 0.186. The van der Waals surface area contributed by atoms with Crippen LogP contribution in [0.5, 0.6) is 0 Å². The fourth-order valence-corrected chi connectivity index (χ4v) is 3.57. The highest BCUT2D eigenvalue weighted by molar-refractivity contribution is 5.73. The SMILES string of the molecule is CC(C)CC1(CNC(=O)N(C)Cc2cnccn2)CCCC1. The number of aromatic nitrogens is 2. The third-order valence-corrected chi connectivity index (χ3v) is 4.48. The summed E-state index contributed by atoms with van der Waals surface area (Å²) in [5.74, 6) is 0.673. The van der Waals surface area contributed by atoms with E-state index >= 15 is 0 Å². The van der Waals surface area contributed by atoms with Gasteiger partial charge in [0.1, 0.15) is 0 Å². The normalized spacial score (nSPS) is 16.7. The Morgan fingerprint density at radius 1 is 1.36 bits per heavy atom. The first-order chi connectivity index (χ1) is 10.5. The summed E-state index contributed by atoms with van der Waals surface area (Å²) in [6, 6.07) is -0.0271. The van der Waals surface area contributed by atoms with Crippen LogP contribution in [0.3, 0.4) is 0 Å². The molecule has 1 aliphatic rings. The lowest BCUT2D eigenvalue weighted by Gasteiger charge is -2.32. The molecule has 1 aliphatic carbocycles. The van der Waals surface area contributed by atoms with Gasteiger partial charge in [0.15, 0.2) is 0 Å². The van der Waals surface area contributed by atoms with Crippen LogP contribution in [0.1, 0.15) is 51.6 Å². The van der Waals surface area contributed by atoms with Crippen LogP contribution in [0.2, 0.25) is 0 Å². The number of nitrogens with zero attached hydrogens (tertiary/aromatic N) is 3. The second-order valence-electron chi connectivity index (χ2n) is 7.02. The number of hydrogen-bond acceptors (Lipinski definition) is 3. The van der Waals surface area contributed by atoms with Crippen molar-refractivity contribution in [2.45, 2.75) is 52.5 Å². The molecule has 0 atom stereocenters. The molecule has 0 aliphatic heterocycles. The number of carbonyl (C=O) groups excluding carboxylic acids is 1. The molecule has 122 valence electrons. The zero-order valence-corrected chi connectivity index (χ0v) is 14.0. The highest BCUT2D eigenvalue weighted by Crippen LogP contribution is 2.42. The van der Waals surface area contributed by atoms with Crippen LogP contribution >= 0.6 is 0 Å². The van der Waals surface area contributed by atoms with Crippen molar-refractivity contribution in [2.75, 3.05) is 13.6 Å². The maximum Gasteiger partial charge on any atom is 0.317 e. The van der Waals surface area contributed by atoms with Gasteiger partial charge in [0.05, 0.1) is 18.4 Å². The Hall–Kier alpha value is -1.65. The summed E-state index contributed by atoms with van der Waals surface area (Å²) in [5, 5.41) is 3.13. The number of amides is 2. The van der Waals surface area contributed by atoms with Gasteiger partial charge in [0, 0.05) is 26.0 Å². The molecule has 2 rings (SSSR count). The van der Waals surface area contributed by atoms with E-state index in [4.69, 9.17) is 0 Å². The molecule has 0 bridgehead atoms. The van der Waals surface area contributed by atoms with E-state index in [0.717, 1.165) is 12.2 Å². The molecular formula is C17H28N4O. The summed E-state index contributed by atoms with van der Waals surface area (Å²) in [6.07, 6.45) is 11.2. The van der Waals surface area contributed by atoms with Crippen molar-refractivity contribution < 1.29 is 4.79 Å². The molecule has 2 amide bonds. The lowest BCUT2D eigenvalue weighted by Crippen LogP contribution is -2.43. The van der Waals surface area contributed by atoms with Crippen molar-refractivity contribution in [3.8, 4) is 0 Å². The summed E-state index contributed by atoms with van der Waals surface area (Å²) in [6.45, 7) is 5.80. The first kappa shape index (κ1) is 16.7. The Bertz CT molecular complexity index is 469. The smallest absolute Gasteiger partial charge is 0.317 e. The van der Waals surface area contributed by atoms with Crippen molar-refractivity contribution in [2.24, 2.45) is 11.3 Å². The standard InChI is InChI=1S/C17H28N4O/c1-14(2)10-17(6-4-5-7-17)13-20-16(22)21(3)12-15-11-18-8-9-19-15/h8-9,11,14H,4-7,10,12-13H2,1-3H3,(H,20,22). The van der Waals surface area contributed by atoms with Crippen molar-refractivity contribution in [1.29, 1.82) is 0 Å². The molecule has 22 heavy (non-hydrogen) atoms. The minimum Gasteiger partial charge on any atom is -0.337 e. The third-order valence-electron chi connectivity index (χ3n) is 4.48. The Labute approximate surface area is 133 Å². The van der Waals surface area contributed by atoms with Crippen LogP contribution < -0.4 is 5.32 Å². The topological polar surface area (TPSA) is 58.1 Å². The van der Waals surface area contributed by atoms with Crippen LogP contribution in [0.15, 0.2) is 18.6 Å². The van der Waals surface area contributed by atoms with Gasteiger partial charge in [-0.1, -0.05) is 26.7 Å². The van der Waals surface area contributed by atoms with Gasteiger partial charge in [-0.25, -0.2) is 4.79 Å². The number of carbonyl (C=O) groups is 1. The van der Waals surface area contributed by atoms with Crippen LogP contribution in [-0.4, -0.2) is 34.5 Å². The minimum atomic E-state index is -0.0271. The summed E-state index contributed by atoms with van der Waals surface area (Å²) >= 11 is 0. The molecule has 1 heterocycles. The molecule has 1 aromatic rings. The average molecular weight is 304 g/mol. The fourth-order valence-electron chi connectivity index (χ4n) is 3.57. The molecule has 0 radical (unpaired) electrons. The van der Waals surface area contributed by atoms with Crippen molar-refractivity contribution in [1.82, 2.24) is 20.2 Å². The maximum atomic E-state index is 12.3.